The molecule has 1 aliphatic rings. The molecular formula is C25H24N6O3S. The third-order valence-corrected chi connectivity index (χ3v) is 6.69. The van der Waals surface area contributed by atoms with Gasteiger partial charge in [0, 0.05) is 6.42 Å². The maximum atomic E-state index is 13.3. The molecule has 4 aromatic rings. The van der Waals surface area contributed by atoms with E-state index in [1.54, 1.807) is 13.4 Å². The van der Waals surface area contributed by atoms with Crippen LogP contribution in [0.1, 0.15) is 29.3 Å². The number of furan rings is 1. The number of carbonyl (C=O) groups excluding carboxylic acids is 1. The van der Waals surface area contributed by atoms with Gasteiger partial charge in [-0.1, -0.05) is 53.7 Å². The summed E-state index contributed by atoms with van der Waals surface area (Å²) in [7, 11) is 1.58. The smallest absolute Gasteiger partial charge is 0.253 e. The molecule has 0 saturated heterocycles. The van der Waals surface area contributed by atoms with E-state index in [4.69, 9.17) is 15.0 Å². The van der Waals surface area contributed by atoms with E-state index in [0.717, 1.165) is 16.8 Å². The number of benzene rings is 2. The lowest BCUT2D eigenvalue weighted by molar-refractivity contribution is -0.130. The SMILES string of the molecule is COc1ccccc1-c1nnc(SCC(=O)N2N=C(c3ccc(C)cc3)C[C@@H]2c2ccco2)n1N. The summed E-state index contributed by atoms with van der Waals surface area (Å²) in [6.07, 6.45) is 2.17. The zero-order chi connectivity index (χ0) is 24.4. The summed E-state index contributed by atoms with van der Waals surface area (Å²) in [5, 5.41) is 15.0. The number of para-hydroxylation sites is 1. The Labute approximate surface area is 206 Å². The Kier molecular flexibility index (Phi) is 6.28. The predicted octanol–water partition coefficient (Wildman–Crippen LogP) is 4.04. The fraction of sp³-hybridized carbons (Fsp3) is 0.200. The average molecular weight is 489 g/mol. The largest absolute Gasteiger partial charge is 0.496 e. The van der Waals surface area contributed by atoms with Crippen molar-refractivity contribution in [3.05, 3.63) is 83.8 Å². The maximum Gasteiger partial charge on any atom is 0.253 e. The second-order valence-corrected chi connectivity index (χ2v) is 8.99. The van der Waals surface area contributed by atoms with E-state index >= 15 is 0 Å². The second kappa shape index (κ2) is 9.67. The number of nitrogen functional groups attached to an aromatic ring is 1. The highest BCUT2D eigenvalue weighted by Gasteiger charge is 2.35. The Bertz CT molecular complexity index is 1360. The molecule has 0 radical (unpaired) electrons. The van der Waals surface area contributed by atoms with E-state index in [-0.39, 0.29) is 17.7 Å². The lowest BCUT2D eigenvalue weighted by Crippen LogP contribution is -2.28. The highest BCUT2D eigenvalue weighted by Crippen LogP contribution is 2.34. The first-order chi connectivity index (χ1) is 17.0. The van der Waals surface area contributed by atoms with Gasteiger partial charge in [0.15, 0.2) is 5.82 Å². The van der Waals surface area contributed by atoms with Crippen molar-refractivity contribution >= 4 is 23.4 Å². The van der Waals surface area contributed by atoms with Crippen LogP contribution in [0.25, 0.3) is 11.4 Å². The number of nitrogens with zero attached hydrogens (tertiary/aromatic N) is 5. The standard InChI is InChI=1S/C25H24N6O3S/c1-16-9-11-17(12-10-16)19-14-20(22-8-5-13-34-22)31(29-19)23(32)15-35-25-28-27-24(30(25)26)18-6-3-4-7-21(18)33-2/h3-13,20H,14-15,26H2,1-2H3/t20-/m1/s1. The van der Waals surface area contributed by atoms with Gasteiger partial charge in [-0.05, 0) is 36.8 Å². The van der Waals surface area contributed by atoms with Crippen LogP contribution in [-0.4, -0.2) is 44.4 Å². The van der Waals surface area contributed by atoms with Crippen LogP contribution in [0, 0.1) is 6.92 Å². The van der Waals surface area contributed by atoms with Crippen LogP contribution in [-0.2, 0) is 4.79 Å². The highest BCUT2D eigenvalue weighted by molar-refractivity contribution is 7.99. The second-order valence-electron chi connectivity index (χ2n) is 8.05. The summed E-state index contributed by atoms with van der Waals surface area (Å²) in [5.74, 6) is 7.94. The quantitative estimate of drug-likeness (QED) is 0.309. The molecule has 1 amide bonds. The molecule has 0 saturated carbocycles. The van der Waals surface area contributed by atoms with Crippen LogP contribution in [0.4, 0.5) is 0 Å². The minimum Gasteiger partial charge on any atom is -0.496 e. The number of carbonyl (C=O) groups is 1. The first-order valence-electron chi connectivity index (χ1n) is 11.0. The molecule has 2 aromatic heterocycles. The minimum atomic E-state index is -0.311. The van der Waals surface area contributed by atoms with E-state index in [0.29, 0.717) is 34.5 Å². The molecule has 1 atom stereocenters. The summed E-state index contributed by atoms with van der Waals surface area (Å²) >= 11 is 1.20. The number of hydrogen-bond donors (Lipinski definition) is 1. The van der Waals surface area contributed by atoms with Gasteiger partial charge in [-0.2, -0.15) is 5.10 Å². The molecule has 0 spiro atoms. The Morgan fingerprint density at radius 3 is 2.69 bits per heavy atom. The summed E-state index contributed by atoms with van der Waals surface area (Å²) < 4.78 is 12.4. The Morgan fingerprint density at radius 1 is 1.14 bits per heavy atom. The van der Waals surface area contributed by atoms with Crippen molar-refractivity contribution in [3.63, 3.8) is 0 Å². The zero-order valence-corrected chi connectivity index (χ0v) is 20.1. The lowest BCUT2D eigenvalue weighted by Gasteiger charge is -2.19. The molecule has 0 aliphatic carbocycles. The van der Waals surface area contributed by atoms with E-state index in [2.05, 4.69) is 15.3 Å². The van der Waals surface area contributed by atoms with E-state index < -0.39 is 0 Å². The number of methoxy groups -OCH3 is 1. The first kappa shape index (κ1) is 22.7. The van der Waals surface area contributed by atoms with Crippen molar-refractivity contribution in [1.82, 2.24) is 19.9 Å². The van der Waals surface area contributed by atoms with Crippen LogP contribution in [0.2, 0.25) is 0 Å². The van der Waals surface area contributed by atoms with Crippen molar-refractivity contribution in [2.75, 3.05) is 18.7 Å². The summed E-state index contributed by atoms with van der Waals surface area (Å²) in [6.45, 7) is 2.04. The monoisotopic (exact) mass is 488 g/mol. The number of hydrogen-bond acceptors (Lipinski definition) is 8. The van der Waals surface area contributed by atoms with Crippen LogP contribution < -0.4 is 10.6 Å². The number of ether oxygens (including phenoxy) is 1. The lowest BCUT2D eigenvalue weighted by atomic mass is 10.0. The fourth-order valence-corrected chi connectivity index (χ4v) is 4.65. The van der Waals surface area contributed by atoms with Crippen molar-refractivity contribution < 1.29 is 13.9 Å². The highest BCUT2D eigenvalue weighted by atomic mass is 32.2. The maximum absolute atomic E-state index is 13.3. The number of aryl methyl sites for hydroxylation is 1. The molecule has 178 valence electrons. The van der Waals surface area contributed by atoms with Crippen molar-refractivity contribution in [2.24, 2.45) is 5.10 Å². The number of aromatic nitrogens is 3. The molecule has 2 aromatic carbocycles. The number of amides is 1. The fourth-order valence-electron chi connectivity index (χ4n) is 3.94. The third-order valence-electron chi connectivity index (χ3n) is 5.76. The van der Waals surface area contributed by atoms with Crippen LogP contribution in [0.3, 0.4) is 0 Å². The summed E-state index contributed by atoms with van der Waals surface area (Å²) in [4.78, 5) is 13.3. The molecule has 0 bridgehead atoms. The van der Waals surface area contributed by atoms with E-state index in [9.17, 15) is 4.79 Å². The van der Waals surface area contributed by atoms with Crippen LogP contribution >= 0.6 is 11.8 Å². The number of rotatable bonds is 7. The van der Waals surface area contributed by atoms with Gasteiger partial charge in [0.05, 0.1) is 30.4 Å². The van der Waals surface area contributed by atoms with Gasteiger partial charge in [0.1, 0.15) is 17.6 Å². The third kappa shape index (κ3) is 4.52. The van der Waals surface area contributed by atoms with Crippen LogP contribution in [0.5, 0.6) is 5.75 Å². The molecule has 3 heterocycles. The Balaban J connectivity index is 1.35. The molecule has 2 N–H and O–H groups in total. The van der Waals surface area contributed by atoms with Gasteiger partial charge in [-0.25, -0.2) is 9.69 Å². The Morgan fingerprint density at radius 2 is 1.94 bits per heavy atom. The van der Waals surface area contributed by atoms with Gasteiger partial charge in [0.25, 0.3) is 5.91 Å². The molecule has 9 nitrogen and oxygen atoms in total. The molecule has 1 aliphatic heterocycles. The van der Waals surface area contributed by atoms with Crippen molar-refractivity contribution in [2.45, 2.75) is 24.5 Å². The number of nitrogens with two attached hydrogens (primary N) is 1. The topological polar surface area (TPSA) is 112 Å². The minimum absolute atomic E-state index is 0.0865. The van der Waals surface area contributed by atoms with Gasteiger partial charge < -0.3 is 15.0 Å². The van der Waals surface area contributed by atoms with E-state index in [1.165, 1.54) is 21.4 Å². The number of thioether (sulfide) groups is 1. The molecule has 5 rings (SSSR count). The molecule has 10 heteroatoms. The van der Waals surface area contributed by atoms with E-state index in [1.807, 2.05) is 67.6 Å². The molecule has 0 unspecified atom stereocenters. The zero-order valence-electron chi connectivity index (χ0n) is 19.3. The summed E-state index contributed by atoms with van der Waals surface area (Å²) in [6, 6.07) is 18.9. The predicted molar refractivity (Wildman–Crippen MR) is 134 cm³/mol. The molecule has 35 heavy (non-hydrogen) atoms. The first-order valence-corrected chi connectivity index (χ1v) is 12.0. The molecular weight excluding hydrogens is 464 g/mol. The van der Waals surface area contributed by atoms with Gasteiger partial charge in [-0.15, -0.1) is 10.2 Å². The normalized spacial score (nSPS) is 15.3. The van der Waals surface area contributed by atoms with Gasteiger partial charge >= 0.3 is 0 Å². The van der Waals surface area contributed by atoms with Crippen molar-refractivity contribution in [3.8, 4) is 17.1 Å². The van der Waals surface area contributed by atoms with Crippen LogP contribution in [0.15, 0.2) is 81.6 Å². The number of hydrazone groups is 1. The van der Waals surface area contributed by atoms with Gasteiger partial charge in [0.2, 0.25) is 5.16 Å². The molecule has 0 fully saturated rings. The summed E-state index contributed by atoms with van der Waals surface area (Å²) in [5.41, 5.74) is 3.70. The average Bonchev–Trinajstić information content (AvgIpc) is 3.63. The Hall–Kier alpha value is -4.05. The van der Waals surface area contributed by atoms with Gasteiger partial charge in [-0.3, -0.25) is 4.79 Å². The van der Waals surface area contributed by atoms with Crippen molar-refractivity contribution in [1.29, 1.82) is 0 Å².